The van der Waals surface area contributed by atoms with E-state index in [-0.39, 0.29) is 11.7 Å². The molecule has 1 saturated carbocycles. The van der Waals surface area contributed by atoms with E-state index in [9.17, 15) is 4.79 Å². The summed E-state index contributed by atoms with van der Waals surface area (Å²) in [6.07, 6.45) is 22.4. The van der Waals surface area contributed by atoms with Crippen LogP contribution in [-0.4, -0.2) is 77.7 Å². The Labute approximate surface area is 224 Å². The van der Waals surface area contributed by atoms with Crippen molar-refractivity contribution in [1.29, 1.82) is 0 Å². The topological polar surface area (TPSA) is 107 Å². The second kappa shape index (κ2) is 11.5. The molecular weight excluding hydrogens is 476 g/mol. The van der Waals surface area contributed by atoms with Gasteiger partial charge in [-0.25, -0.2) is 15.0 Å². The molecule has 0 bridgehead atoms. The molecule has 3 aliphatic rings. The predicted molar refractivity (Wildman–Crippen MR) is 144 cm³/mol. The number of hydrogen-bond donors (Lipinski definition) is 2. The van der Waals surface area contributed by atoms with Gasteiger partial charge in [0.2, 0.25) is 0 Å². The molecule has 2 N–H and O–H groups in total. The lowest BCUT2D eigenvalue weighted by molar-refractivity contribution is 0.0614. The first-order valence-corrected chi connectivity index (χ1v) is 14.4. The molecule has 38 heavy (non-hydrogen) atoms. The highest BCUT2D eigenvalue weighted by Crippen LogP contribution is 2.42. The third-order valence-electron chi connectivity index (χ3n) is 9.17. The van der Waals surface area contributed by atoms with Crippen LogP contribution in [0.5, 0.6) is 0 Å². The Balaban J connectivity index is 1.04. The van der Waals surface area contributed by atoms with Gasteiger partial charge in [-0.3, -0.25) is 14.7 Å². The quantitative estimate of drug-likeness (QED) is 0.416. The number of ketones is 1. The fourth-order valence-corrected chi connectivity index (χ4v) is 6.93. The SMILES string of the molecule is O=C(c1cnc(CN2CCC3(CCN(C4CCCCC4)CC3)C2)cn1)C(Cc1ncc[nH]1)Cc1ncc[nH]1. The third-order valence-corrected chi connectivity index (χ3v) is 9.17. The van der Waals surface area contributed by atoms with Gasteiger partial charge in [0.1, 0.15) is 17.3 Å². The van der Waals surface area contributed by atoms with E-state index in [0.717, 1.165) is 43.0 Å². The average molecular weight is 517 g/mol. The van der Waals surface area contributed by atoms with Crippen LogP contribution in [0.3, 0.4) is 0 Å². The van der Waals surface area contributed by atoms with Gasteiger partial charge in [0, 0.05) is 62.7 Å². The van der Waals surface area contributed by atoms with Crippen molar-refractivity contribution in [3.8, 4) is 0 Å². The lowest BCUT2D eigenvalue weighted by Gasteiger charge is -2.43. The molecule has 9 heteroatoms. The summed E-state index contributed by atoms with van der Waals surface area (Å²) in [4.78, 5) is 42.8. The minimum atomic E-state index is -0.314. The summed E-state index contributed by atoms with van der Waals surface area (Å²) in [6.45, 7) is 5.62. The van der Waals surface area contributed by atoms with E-state index >= 15 is 0 Å². The average Bonchev–Trinajstić information content (AvgIpc) is 3.74. The summed E-state index contributed by atoms with van der Waals surface area (Å²) in [7, 11) is 0. The summed E-state index contributed by atoms with van der Waals surface area (Å²) >= 11 is 0. The van der Waals surface area contributed by atoms with Gasteiger partial charge in [-0.1, -0.05) is 19.3 Å². The van der Waals surface area contributed by atoms with Crippen molar-refractivity contribution in [2.75, 3.05) is 26.2 Å². The van der Waals surface area contributed by atoms with E-state index in [1.54, 1.807) is 37.2 Å². The lowest BCUT2D eigenvalue weighted by atomic mass is 9.77. The first-order valence-electron chi connectivity index (χ1n) is 14.4. The van der Waals surface area contributed by atoms with Crippen molar-refractivity contribution >= 4 is 5.78 Å². The summed E-state index contributed by atoms with van der Waals surface area (Å²) in [6, 6.07) is 0.841. The van der Waals surface area contributed by atoms with E-state index < -0.39 is 0 Å². The van der Waals surface area contributed by atoms with Crippen LogP contribution in [0.2, 0.25) is 0 Å². The van der Waals surface area contributed by atoms with Gasteiger partial charge in [-0.15, -0.1) is 0 Å². The number of carbonyl (C=O) groups is 1. The van der Waals surface area contributed by atoms with Crippen molar-refractivity contribution < 1.29 is 4.79 Å². The van der Waals surface area contributed by atoms with Crippen LogP contribution in [0, 0.1) is 11.3 Å². The molecule has 6 rings (SSSR count). The molecule has 0 unspecified atom stereocenters. The molecule has 2 aliphatic heterocycles. The molecule has 0 aromatic carbocycles. The van der Waals surface area contributed by atoms with Gasteiger partial charge in [-0.2, -0.15) is 0 Å². The normalized spacial score (nSPS) is 21.0. The molecule has 5 heterocycles. The third kappa shape index (κ3) is 5.89. The van der Waals surface area contributed by atoms with Crippen LogP contribution in [0.15, 0.2) is 37.2 Å². The minimum Gasteiger partial charge on any atom is -0.349 e. The summed E-state index contributed by atoms with van der Waals surface area (Å²) in [5.41, 5.74) is 1.82. The molecule has 0 radical (unpaired) electrons. The van der Waals surface area contributed by atoms with Gasteiger partial charge in [-0.05, 0) is 57.2 Å². The molecule has 2 saturated heterocycles. The Morgan fingerprint density at radius 3 is 2.18 bits per heavy atom. The summed E-state index contributed by atoms with van der Waals surface area (Å²) < 4.78 is 0. The zero-order valence-corrected chi connectivity index (χ0v) is 22.3. The van der Waals surface area contributed by atoms with Gasteiger partial charge in [0.25, 0.3) is 0 Å². The fourth-order valence-electron chi connectivity index (χ4n) is 6.93. The van der Waals surface area contributed by atoms with Gasteiger partial charge < -0.3 is 14.9 Å². The lowest BCUT2D eigenvalue weighted by Crippen LogP contribution is -2.46. The number of piperidine rings is 1. The Hall–Kier alpha value is -2.91. The van der Waals surface area contributed by atoms with Gasteiger partial charge >= 0.3 is 0 Å². The highest BCUT2D eigenvalue weighted by Gasteiger charge is 2.41. The van der Waals surface area contributed by atoms with Gasteiger partial charge in [0.15, 0.2) is 5.78 Å². The van der Waals surface area contributed by atoms with E-state index in [1.165, 1.54) is 64.5 Å². The maximum Gasteiger partial charge on any atom is 0.186 e. The van der Waals surface area contributed by atoms with Gasteiger partial charge in [0.05, 0.1) is 18.1 Å². The highest BCUT2D eigenvalue weighted by atomic mass is 16.1. The number of aromatic amines is 2. The second-order valence-corrected chi connectivity index (χ2v) is 11.7. The highest BCUT2D eigenvalue weighted by molar-refractivity contribution is 5.96. The fraction of sp³-hybridized carbons (Fsp3) is 0.621. The number of nitrogens with one attached hydrogen (secondary N) is 2. The molecule has 0 atom stereocenters. The molecule has 3 aromatic heterocycles. The number of imidazole rings is 2. The molecule has 1 aliphatic carbocycles. The van der Waals surface area contributed by atoms with Crippen LogP contribution in [0.25, 0.3) is 0 Å². The Bertz CT molecular complexity index is 1110. The van der Waals surface area contributed by atoms with Crippen molar-refractivity contribution in [3.05, 3.63) is 60.2 Å². The van der Waals surface area contributed by atoms with Crippen molar-refractivity contribution in [2.24, 2.45) is 11.3 Å². The Kier molecular flexibility index (Phi) is 7.65. The number of H-pyrrole nitrogens is 2. The summed E-state index contributed by atoms with van der Waals surface area (Å²) in [5.74, 6) is 1.23. The largest absolute Gasteiger partial charge is 0.349 e. The van der Waals surface area contributed by atoms with Crippen molar-refractivity contribution in [3.63, 3.8) is 0 Å². The maximum absolute atomic E-state index is 13.4. The first-order chi connectivity index (χ1) is 18.7. The number of carbonyl (C=O) groups excluding carboxylic acids is 1. The van der Waals surface area contributed by atoms with Crippen LogP contribution < -0.4 is 0 Å². The standard InChI is InChI=1S/C29H40N8O/c38-28(22(16-26-30-9-10-31-26)17-27-32-11-12-33-27)25-19-34-23(18-35-25)20-36-13-6-29(21-36)7-14-37(15-8-29)24-4-2-1-3-5-24/h9-12,18-19,22,24H,1-8,13-17,20-21H2,(H,30,31)(H,32,33). The van der Waals surface area contributed by atoms with E-state index in [4.69, 9.17) is 0 Å². The zero-order valence-electron chi connectivity index (χ0n) is 22.3. The summed E-state index contributed by atoms with van der Waals surface area (Å²) in [5, 5.41) is 0. The van der Waals surface area contributed by atoms with E-state index in [1.807, 2.05) is 0 Å². The van der Waals surface area contributed by atoms with Crippen LogP contribution >= 0.6 is 0 Å². The number of Topliss-reactive ketones (excluding diaryl/α,β-unsaturated/α-hetero) is 1. The van der Waals surface area contributed by atoms with Crippen molar-refractivity contribution in [2.45, 2.75) is 76.8 Å². The second-order valence-electron chi connectivity index (χ2n) is 11.7. The Morgan fingerprint density at radius 2 is 1.58 bits per heavy atom. The molecular formula is C29H40N8O. The van der Waals surface area contributed by atoms with E-state index in [2.05, 4.69) is 39.7 Å². The molecule has 9 nitrogen and oxygen atoms in total. The number of aromatic nitrogens is 6. The molecule has 3 fully saturated rings. The van der Waals surface area contributed by atoms with Crippen LogP contribution in [0.4, 0.5) is 0 Å². The number of likely N-dealkylation sites (tertiary alicyclic amines) is 2. The Morgan fingerprint density at radius 1 is 0.895 bits per heavy atom. The molecule has 202 valence electrons. The predicted octanol–water partition coefficient (Wildman–Crippen LogP) is 3.83. The van der Waals surface area contributed by atoms with Crippen molar-refractivity contribution in [1.82, 2.24) is 39.7 Å². The first kappa shape index (κ1) is 25.4. The van der Waals surface area contributed by atoms with E-state index in [0.29, 0.717) is 24.0 Å². The number of hydrogen-bond acceptors (Lipinski definition) is 7. The monoisotopic (exact) mass is 516 g/mol. The zero-order chi connectivity index (χ0) is 25.8. The smallest absolute Gasteiger partial charge is 0.186 e. The maximum atomic E-state index is 13.4. The molecule has 3 aromatic rings. The van der Waals surface area contributed by atoms with Crippen LogP contribution in [-0.2, 0) is 19.4 Å². The minimum absolute atomic E-state index is 0.0262. The molecule has 0 amide bonds. The van der Waals surface area contributed by atoms with Crippen LogP contribution in [0.1, 0.15) is 79.2 Å². The molecule has 1 spiro atoms. The number of nitrogens with zero attached hydrogens (tertiary/aromatic N) is 6. The number of rotatable bonds is 9.